The molecule has 1 aromatic carbocycles. The van der Waals surface area contributed by atoms with Crippen molar-refractivity contribution in [3.8, 4) is 0 Å². The molecule has 0 spiro atoms. The minimum atomic E-state index is -0.102. The van der Waals surface area contributed by atoms with E-state index in [1.807, 2.05) is 17.0 Å². The molecular formula is C19H23N3O2. The highest BCUT2D eigenvalue weighted by Crippen LogP contribution is 2.31. The maximum Gasteiger partial charge on any atom is 0.225 e. The number of amides is 1. The quantitative estimate of drug-likeness (QED) is 0.944. The molecule has 0 unspecified atom stereocenters. The average molecular weight is 325 g/mol. The molecule has 2 aliphatic rings. The Morgan fingerprint density at radius 3 is 3.12 bits per heavy atom. The molecule has 4 rings (SSSR count). The Balaban J connectivity index is 1.43. The van der Waals surface area contributed by atoms with E-state index >= 15 is 0 Å². The van der Waals surface area contributed by atoms with Crippen molar-refractivity contribution in [3.63, 3.8) is 0 Å². The molecule has 0 aliphatic carbocycles. The lowest BCUT2D eigenvalue weighted by Gasteiger charge is -2.34. The third-order valence-electron chi connectivity index (χ3n) is 5.19. The van der Waals surface area contributed by atoms with Crippen LogP contribution in [0.1, 0.15) is 48.1 Å². The number of H-pyrrole nitrogens is 1. The van der Waals surface area contributed by atoms with E-state index in [4.69, 9.17) is 4.74 Å². The van der Waals surface area contributed by atoms with Crippen LogP contribution in [-0.2, 0) is 16.0 Å². The number of ether oxygens (including phenoxy) is 1. The number of nitrogens with zero attached hydrogens (tertiary/aromatic N) is 2. The van der Waals surface area contributed by atoms with Gasteiger partial charge < -0.3 is 9.64 Å². The predicted octanol–water partition coefficient (Wildman–Crippen LogP) is 2.82. The van der Waals surface area contributed by atoms with Crippen LogP contribution < -0.4 is 0 Å². The summed E-state index contributed by atoms with van der Waals surface area (Å²) in [5.74, 6) is 0.561. The van der Waals surface area contributed by atoms with Crippen molar-refractivity contribution in [2.45, 2.75) is 37.7 Å². The van der Waals surface area contributed by atoms with Gasteiger partial charge in [0.15, 0.2) is 0 Å². The number of carbonyl (C=O) groups excluding carboxylic acids is 1. The summed E-state index contributed by atoms with van der Waals surface area (Å²) >= 11 is 0. The minimum Gasteiger partial charge on any atom is -0.373 e. The first-order valence-corrected chi connectivity index (χ1v) is 8.77. The standard InChI is InChI=1S/C19H23N3O2/c23-19(12-18-16-6-2-1-4-14(16)8-11-24-18)22-10-3-5-15(13-22)17-7-9-20-21-17/h1-2,4,6-7,9,15,18H,3,5,8,10-13H2,(H,20,21)/t15-,18-/m1/s1. The average Bonchev–Trinajstić information content (AvgIpc) is 3.17. The van der Waals surface area contributed by atoms with E-state index in [1.165, 1.54) is 11.1 Å². The van der Waals surface area contributed by atoms with E-state index in [1.54, 1.807) is 6.20 Å². The van der Waals surface area contributed by atoms with Crippen LogP contribution in [0, 0.1) is 0 Å². The first-order chi connectivity index (χ1) is 11.8. The zero-order chi connectivity index (χ0) is 16.4. The number of hydrogen-bond donors (Lipinski definition) is 1. The molecular weight excluding hydrogens is 302 g/mol. The van der Waals surface area contributed by atoms with Crippen molar-refractivity contribution in [1.82, 2.24) is 15.1 Å². The smallest absolute Gasteiger partial charge is 0.225 e. The molecule has 0 bridgehead atoms. The molecule has 24 heavy (non-hydrogen) atoms. The van der Waals surface area contributed by atoms with E-state index in [0.29, 0.717) is 18.9 Å². The third-order valence-corrected chi connectivity index (χ3v) is 5.19. The van der Waals surface area contributed by atoms with Crippen LogP contribution in [0.25, 0.3) is 0 Å². The highest BCUT2D eigenvalue weighted by atomic mass is 16.5. The summed E-state index contributed by atoms with van der Waals surface area (Å²) in [6.45, 7) is 2.32. The largest absolute Gasteiger partial charge is 0.373 e. The van der Waals surface area contributed by atoms with Crippen LogP contribution >= 0.6 is 0 Å². The van der Waals surface area contributed by atoms with Gasteiger partial charge in [0, 0.05) is 30.9 Å². The zero-order valence-corrected chi connectivity index (χ0v) is 13.8. The molecule has 5 heteroatoms. The molecule has 2 atom stereocenters. The van der Waals surface area contributed by atoms with Crippen molar-refractivity contribution >= 4 is 5.91 Å². The van der Waals surface area contributed by atoms with Gasteiger partial charge in [-0.2, -0.15) is 5.10 Å². The SMILES string of the molecule is O=C(C[C@H]1OCCc2ccccc21)N1CCC[C@@H](c2ccn[nH]2)C1. The number of carbonyl (C=O) groups is 1. The van der Waals surface area contributed by atoms with Crippen LogP contribution in [-0.4, -0.2) is 40.7 Å². The van der Waals surface area contributed by atoms with Crippen molar-refractivity contribution in [3.05, 3.63) is 53.3 Å². The second kappa shape index (κ2) is 6.77. The first-order valence-electron chi connectivity index (χ1n) is 8.77. The first kappa shape index (κ1) is 15.4. The predicted molar refractivity (Wildman–Crippen MR) is 90.6 cm³/mol. The second-order valence-electron chi connectivity index (χ2n) is 6.70. The van der Waals surface area contributed by atoms with Gasteiger partial charge in [-0.25, -0.2) is 0 Å². The Bertz CT molecular complexity index is 698. The number of nitrogens with one attached hydrogen (secondary N) is 1. The maximum atomic E-state index is 12.8. The molecule has 2 aromatic rings. The topological polar surface area (TPSA) is 58.2 Å². The fourth-order valence-corrected chi connectivity index (χ4v) is 3.89. The maximum absolute atomic E-state index is 12.8. The number of likely N-dealkylation sites (tertiary alicyclic amines) is 1. The summed E-state index contributed by atoms with van der Waals surface area (Å²) in [6, 6.07) is 10.3. The molecule has 1 fully saturated rings. The van der Waals surface area contributed by atoms with Crippen molar-refractivity contribution in [2.24, 2.45) is 0 Å². The highest BCUT2D eigenvalue weighted by molar-refractivity contribution is 5.77. The van der Waals surface area contributed by atoms with Crippen LogP contribution in [0.15, 0.2) is 36.5 Å². The number of aromatic amines is 1. The highest BCUT2D eigenvalue weighted by Gasteiger charge is 2.29. The van der Waals surface area contributed by atoms with E-state index in [-0.39, 0.29) is 12.0 Å². The van der Waals surface area contributed by atoms with Gasteiger partial charge in [0.2, 0.25) is 5.91 Å². The molecule has 1 aromatic heterocycles. The van der Waals surface area contributed by atoms with Gasteiger partial charge in [-0.15, -0.1) is 0 Å². The van der Waals surface area contributed by atoms with Gasteiger partial charge in [0.25, 0.3) is 0 Å². The molecule has 3 heterocycles. The second-order valence-corrected chi connectivity index (χ2v) is 6.70. The van der Waals surface area contributed by atoms with Crippen LogP contribution in [0.2, 0.25) is 0 Å². The Morgan fingerprint density at radius 2 is 2.25 bits per heavy atom. The Labute approximate surface area is 142 Å². The van der Waals surface area contributed by atoms with Gasteiger partial charge in [-0.3, -0.25) is 9.89 Å². The molecule has 5 nitrogen and oxygen atoms in total. The molecule has 0 radical (unpaired) electrons. The number of hydrogen-bond acceptors (Lipinski definition) is 3. The van der Waals surface area contributed by atoms with Crippen LogP contribution in [0.4, 0.5) is 0 Å². The van der Waals surface area contributed by atoms with Crippen molar-refractivity contribution in [2.75, 3.05) is 19.7 Å². The lowest BCUT2D eigenvalue weighted by atomic mass is 9.93. The molecule has 126 valence electrons. The summed E-state index contributed by atoms with van der Waals surface area (Å²) in [5.41, 5.74) is 3.63. The number of fused-ring (bicyclic) bond motifs is 1. The van der Waals surface area contributed by atoms with Crippen molar-refractivity contribution < 1.29 is 9.53 Å². The lowest BCUT2D eigenvalue weighted by Crippen LogP contribution is -2.40. The molecule has 1 N–H and O–H groups in total. The summed E-state index contributed by atoms with van der Waals surface area (Å²) in [7, 11) is 0. The lowest BCUT2D eigenvalue weighted by molar-refractivity contribution is -0.135. The molecule has 2 aliphatic heterocycles. The summed E-state index contributed by atoms with van der Waals surface area (Å²) in [5, 5.41) is 7.09. The monoisotopic (exact) mass is 325 g/mol. The normalized spacial score (nSPS) is 23.8. The number of benzene rings is 1. The zero-order valence-electron chi connectivity index (χ0n) is 13.8. The number of rotatable bonds is 3. The Hall–Kier alpha value is -2.14. The molecule has 0 saturated carbocycles. The Morgan fingerprint density at radius 1 is 1.33 bits per heavy atom. The Kier molecular flexibility index (Phi) is 4.34. The van der Waals surface area contributed by atoms with Gasteiger partial charge in [-0.05, 0) is 36.5 Å². The van der Waals surface area contributed by atoms with Gasteiger partial charge >= 0.3 is 0 Å². The van der Waals surface area contributed by atoms with E-state index < -0.39 is 0 Å². The third kappa shape index (κ3) is 3.08. The van der Waals surface area contributed by atoms with E-state index in [0.717, 1.165) is 38.0 Å². The van der Waals surface area contributed by atoms with E-state index in [9.17, 15) is 4.79 Å². The minimum absolute atomic E-state index is 0.102. The molecule has 1 saturated heterocycles. The van der Waals surface area contributed by atoms with Crippen LogP contribution in [0.5, 0.6) is 0 Å². The van der Waals surface area contributed by atoms with Gasteiger partial charge in [-0.1, -0.05) is 24.3 Å². The van der Waals surface area contributed by atoms with Gasteiger partial charge in [0.1, 0.15) is 0 Å². The van der Waals surface area contributed by atoms with Gasteiger partial charge in [0.05, 0.1) is 19.1 Å². The summed E-state index contributed by atoms with van der Waals surface area (Å²) in [4.78, 5) is 14.8. The summed E-state index contributed by atoms with van der Waals surface area (Å²) < 4.78 is 5.90. The number of aromatic nitrogens is 2. The van der Waals surface area contributed by atoms with Crippen LogP contribution in [0.3, 0.4) is 0 Å². The summed E-state index contributed by atoms with van der Waals surface area (Å²) in [6.07, 6.45) is 5.20. The fraction of sp³-hybridized carbons (Fsp3) is 0.474. The van der Waals surface area contributed by atoms with E-state index in [2.05, 4.69) is 28.4 Å². The number of piperidine rings is 1. The van der Waals surface area contributed by atoms with Crippen molar-refractivity contribution in [1.29, 1.82) is 0 Å². The molecule has 1 amide bonds. The fourth-order valence-electron chi connectivity index (χ4n) is 3.89.